The van der Waals surface area contributed by atoms with Crippen molar-refractivity contribution in [2.75, 3.05) is 0 Å². The highest BCUT2D eigenvalue weighted by atomic mass is 32.2. The second-order valence-corrected chi connectivity index (χ2v) is 5.77. The lowest BCUT2D eigenvalue weighted by Gasteiger charge is -2.51. The molecule has 2 heterocycles. The van der Waals surface area contributed by atoms with Gasteiger partial charge in [0.1, 0.15) is 0 Å². The zero-order valence-corrected chi connectivity index (χ0v) is 8.07. The number of rotatable bonds is 0. The maximum atomic E-state index is 4.23. The molecule has 4 aliphatic rings. The largest absolute Gasteiger partial charge is 0.146 e. The van der Waals surface area contributed by atoms with E-state index in [0.717, 1.165) is 22.3 Å². The first-order valence-electron chi connectivity index (χ1n) is 4.78. The molecule has 1 heteroatoms. The molecule has 12 heavy (non-hydrogen) atoms. The molecule has 4 bridgehead atoms. The van der Waals surface area contributed by atoms with Crippen LogP contribution in [-0.2, 0) is 0 Å². The van der Waals surface area contributed by atoms with Gasteiger partial charge in [0.15, 0.2) is 0 Å². The molecular weight excluding hydrogens is 164 g/mol. The van der Waals surface area contributed by atoms with Crippen molar-refractivity contribution in [3.63, 3.8) is 0 Å². The van der Waals surface area contributed by atoms with Gasteiger partial charge in [-0.25, -0.2) is 0 Å². The number of hydrogen-bond acceptors (Lipinski definition) is 1. The van der Waals surface area contributed by atoms with Crippen LogP contribution < -0.4 is 0 Å². The Kier molecular flexibility index (Phi) is 1.33. The Bertz CT molecular complexity index is 206. The minimum Gasteiger partial charge on any atom is -0.146 e. The van der Waals surface area contributed by atoms with E-state index >= 15 is 0 Å². The van der Waals surface area contributed by atoms with Gasteiger partial charge in [0.25, 0.3) is 0 Å². The van der Waals surface area contributed by atoms with Gasteiger partial charge in [0.2, 0.25) is 0 Å². The lowest BCUT2D eigenvalue weighted by molar-refractivity contribution is 0.302. The fraction of sp³-hybridized carbons (Fsp3) is 0.636. The fourth-order valence-corrected chi connectivity index (χ4v) is 4.79. The summed E-state index contributed by atoms with van der Waals surface area (Å²) >= 11 is 2.12. The summed E-state index contributed by atoms with van der Waals surface area (Å²) in [7, 11) is 0. The predicted molar refractivity (Wildman–Crippen MR) is 54.3 cm³/mol. The Morgan fingerprint density at radius 2 is 1.42 bits per heavy atom. The first-order chi connectivity index (χ1) is 5.75. The zero-order chi connectivity index (χ0) is 8.29. The molecule has 2 saturated carbocycles. The summed E-state index contributed by atoms with van der Waals surface area (Å²) in [5.74, 6) is 1.70. The van der Waals surface area contributed by atoms with Gasteiger partial charge < -0.3 is 0 Å². The molecule has 0 radical (unpaired) electrons. The van der Waals surface area contributed by atoms with Crippen LogP contribution >= 0.6 is 11.8 Å². The van der Waals surface area contributed by atoms with Crippen LogP contribution in [0.1, 0.15) is 19.3 Å². The van der Waals surface area contributed by atoms with Crippen molar-refractivity contribution in [1.82, 2.24) is 0 Å². The summed E-state index contributed by atoms with van der Waals surface area (Å²) in [6.45, 7) is 8.46. The molecule has 2 aliphatic carbocycles. The van der Waals surface area contributed by atoms with Crippen molar-refractivity contribution in [1.29, 1.82) is 0 Å². The van der Waals surface area contributed by atoms with Gasteiger partial charge >= 0.3 is 0 Å². The van der Waals surface area contributed by atoms with Crippen molar-refractivity contribution >= 4 is 11.8 Å². The summed E-state index contributed by atoms with van der Waals surface area (Å²) in [5.41, 5.74) is 3.08. The van der Waals surface area contributed by atoms with Crippen LogP contribution in [0.25, 0.3) is 0 Å². The molecule has 0 amide bonds. The first-order valence-corrected chi connectivity index (χ1v) is 5.73. The molecule has 64 valence electrons. The monoisotopic (exact) mass is 178 g/mol. The normalized spacial score (nSPS) is 50.3. The summed E-state index contributed by atoms with van der Waals surface area (Å²) in [5, 5.41) is 1.58. The van der Waals surface area contributed by atoms with Crippen LogP contribution in [-0.4, -0.2) is 10.5 Å². The molecule has 0 unspecified atom stereocenters. The molecular formula is C11H14S. The summed E-state index contributed by atoms with van der Waals surface area (Å²) in [6, 6.07) is 0. The molecule has 2 saturated heterocycles. The van der Waals surface area contributed by atoms with E-state index in [-0.39, 0.29) is 0 Å². The third-order valence-electron chi connectivity index (χ3n) is 3.77. The summed E-state index contributed by atoms with van der Waals surface area (Å²) in [6.07, 6.45) is 4.05. The average molecular weight is 178 g/mol. The highest BCUT2D eigenvalue weighted by molar-refractivity contribution is 8.01. The minimum absolute atomic E-state index is 0.790. The molecule has 2 aliphatic heterocycles. The molecule has 0 aromatic carbocycles. The Morgan fingerprint density at radius 1 is 0.917 bits per heavy atom. The van der Waals surface area contributed by atoms with Crippen LogP contribution in [0.4, 0.5) is 0 Å². The standard InChI is InChI=1S/C11H14S/c1-6-8-3-9-5-10(6)12-11(4-8)7(9)2/h8-11H,1-5H2/t8-,9-,10-,11-/m0/s1. The van der Waals surface area contributed by atoms with E-state index in [9.17, 15) is 0 Å². The zero-order valence-electron chi connectivity index (χ0n) is 7.25. The average Bonchev–Trinajstić information content (AvgIpc) is 2.02. The molecule has 0 spiro atoms. The maximum absolute atomic E-state index is 4.23. The summed E-state index contributed by atoms with van der Waals surface area (Å²) in [4.78, 5) is 0. The molecule has 0 aromatic rings. The Balaban J connectivity index is 2.01. The highest BCUT2D eigenvalue weighted by Gasteiger charge is 2.46. The van der Waals surface area contributed by atoms with Crippen molar-refractivity contribution in [3.8, 4) is 0 Å². The van der Waals surface area contributed by atoms with E-state index in [1.54, 1.807) is 11.1 Å². The van der Waals surface area contributed by atoms with Gasteiger partial charge in [-0.15, -0.1) is 11.8 Å². The predicted octanol–water partition coefficient (Wildman–Crippen LogP) is 3.01. The van der Waals surface area contributed by atoms with Crippen LogP contribution in [0.15, 0.2) is 24.3 Å². The second-order valence-electron chi connectivity index (χ2n) is 4.36. The van der Waals surface area contributed by atoms with Gasteiger partial charge in [-0.05, 0) is 31.1 Å². The van der Waals surface area contributed by atoms with Gasteiger partial charge in [0.05, 0.1) is 0 Å². The van der Waals surface area contributed by atoms with Gasteiger partial charge in [-0.1, -0.05) is 24.3 Å². The SMILES string of the molecule is C=C1[C@H]2C[C@H]3C[C@@H]1S[C@@H](C2)C3=C. The van der Waals surface area contributed by atoms with E-state index in [4.69, 9.17) is 0 Å². The van der Waals surface area contributed by atoms with Crippen LogP contribution in [0.3, 0.4) is 0 Å². The first kappa shape index (κ1) is 7.25. The Hall–Kier alpha value is -0.170. The van der Waals surface area contributed by atoms with Gasteiger partial charge in [0, 0.05) is 10.5 Å². The molecule has 0 aromatic heterocycles. The van der Waals surface area contributed by atoms with E-state index in [0.29, 0.717) is 0 Å². The third-order valence-corrected chi connectivity index (χ3v) is 5.42. The van der Waals surface area contributed by atoms with Crippen LogP contribution in [0.5, 0.6) is 0 Å². The highest BCUT2D eigenvalue weighted by Crippen LogP contribution is 2.57. The van der Waals surface area contributed by atoms with Gasteiger partial charge in [-0.2, -0.15) is 0 Å². The second kappa shape index (κ2) is 2.20. The number of hydrogen-bond donors (Lipinski definition) is 0. The fourth-order valence-electron chi connectivity index (χ4n) is 2.97. The summed E-state index contributed by atoms with van der Waals surface area (Å²) < 4.78 is 0. The van der Waals surface area contributed by atoms with E-state index < -0.39 is 0 Å². The minimum atomic E-state index is 0.790. The molecule has 0 N–H and O–H groups in total. The van der Waals surface area contributed by atoms with E-state index in [1.807, 2.05) is 0 Å². The lowest BCUT2D eigenvalue weighted by atomic mass is 9.67. The van der Waals surface area contributed by atoms with Crippen molar-refractivity contribution in [2.45, 2.75) is 29.8 Å². The number of thioether (sulfide) groups is 1. The quantitative estimate of drug-likeness (QED) is 0.514. The lowest BCUT2D eigenvalue weighted by Crippen LogP contribution is -2.43. The molecule has 4 atom stereocenters. The van der Waals surface area contributed by atoms with Crippen molar-refractivity contribution < 1.29 is 0 Å². The Morgan fingerprint density at radius 3 is 1.83 bits per heavy atom. The van der Waals surface area contributed by atoms with Crippen molar-refractivity contribution in [2.24, 2.45) is 11.8 Å². The maximum Gasteiger partial charge on any atom is 0.0268 e. The van der Waals surface area contributed by atoms with Crippen molar-refractivity contribution in [3.05, 3.63) is 24.3 Å². The van der Waals surface area contributed by atoms with E-state index in [2.05, 4.69) is 24.9 Å². The van der Waals surface area contributed by atoms with Gasteiger partial charge in [-0.3, -0.25) is 0 Å². The third kappa shape index (κ3) is 0.756. The topological polar surface area (TPSA) is 0 Å². The molecule has 4 fully saturated rings. The molecule has 0 nitrogen and oxygen atoms in total. The smallest absolute Gasteiger partial charge is 0.0268 e. The molecule has 4 rings (SSSR count). The van der Waals surface area contributed by atoms with Crippen LogP contribution in [0, 0.1) is 11.8 Å². The van der Waals surface area contributed by atoms with E-state index in [1.165, 1.54) is 19.3 Å². The van der Waals surface area contributed by atoms with Crippen LogP contribution in [0.2, 0.25) is 0 Å². The Labute approximate surface area is 78.1 Å².